The van der Waals surface area contributed by atoms with E-state index in [2.05, 4.69) is 5.32 Å². The lowest BCUT2D eigenvalue weighted by Crippen LogP contribution is -2.15. The average Bonchev–Trinajstić information content (AvgIpc) is 2.82. The summed E-state index contributed by atoms with van der Waals surface area (Å²) in [5.41, 5.74) is 0.241. The van der Waals surface area contributed by atoms with Crippen LogP contribution in [0.5, 0.6) is 0 Å². The van der Waals surface area contributed by atoms with Crippen molar-refractivity contribution in [2.45, 2.75) is 31.8 Å². The van der Waals surface area contributed by atoms with Gasteiger partial charge in [0, 0.05) is 13.0 Å². The summed E-state index contributed by atoms with van der Waals surface area (Å²) in [6.45, 7) is 0.791. The summed E-state index contributed by atoms with van der Waals surface area (Å²) in [4.78, 5) is 11.6. The van der Waals surface area contributed by atoms with Crippen LogP contribution < -0.4 is 5.32 Å². The molecule has 1 heterocycles. The zero-order chi connectivity index (χ0) is 12.1. The number of hydrogen-bond acceptors (Lipinski definition) is 2. The summed E-state index contributed by atoms with van der Waals surface area (Å²) in [5.74, 6) is -0.566. The molecule has 1 aliphatic heterocycles. The maximum Gasteiger partial charge on any atom is 0.224 e. The summed E-state index contributed by atoms with van der Waals surface area (Å²) in [7, 11) is 0. The molecule has 1 aliphatic rings. The predicted molar refractivity (Wildman–Crippen MR) is 63.2 cm³/mol. The standard InChI is InChI=1S/C13H16FNO2/c14-11-5-1-2-6-12(11)15-13(16)8-7-10-4-3-9-17-10/h1-2,5-6,10H,3-4,7-9H2,(H,15,16). The van der Waals surface area contributed by atoms with Crippen molar-refractivity contribution in [2.24, 2.45) is 0 Å². The molecule has 1 saturated heterocycles. The Morgan fingerprint density at radius 2 is 2.29 bits per heavy atom. The average molecular weight is 237 g/mol. The summed E-state index contributed by atoms with van der Waals surface area (Å²) < 4.78 is 18.7. The number of rotatable bonds is 4. The van der Waals surface area contributed by atoms with Gasteiger partial charge in [-0.25, -0.2) is 4.39 Å². The topological polar surface area (TPSA) is 38.3 Å². The molecule has 1 aromatic carbocycles. The van der Waals surface area contributed by atoms with Crippen LogP contribution in [0, 0.1) is 5.82 Å². The van der Waals surface area contributed by atoms with Gasteiger partial charge in [-0.3, -0.25) is 4.79 Å². The molecule has 4 heteroatoms. The number of hydrogen-bond donors (Lipinski definition) is 1. The maximum atomic E-state index is 13.3. The molecule has 0 aromatic heterocycles. The number of ether oxygens (including phenoxy) is 1. The monoisotopic (exact) mass is 237 g/mol. The van der Waals surface area contributed by atoms with Crippen molar-refractivity contribution in [1.82, 2.24) is 0 Å². The largest absolute Gasteiger partial charge is 0.378 e. The summed E-state index contributed by atoms with van der Waals surface area (Å²) >= 11 is 0. The van der Waals surface area contributed by atoms with E-state index in [0.717, 1.165) is 19.4 Å². The van der Waals surface area contributed by atoms with E-state index in [9.17, 15) is 9.18 Å². The van der Waals surface area contributed by atoms with Gasteiger partial charge in [0.25, 0.3) is 0 Å². The zero-order valence-electron chi connectivity index (χ0n) is 9.62. The fourth-order valence-corrected chi connectivity index (χ4v) is 1.94. The predicted octanol–water partition coefficient (Wildman–Crippen LogP) is 2.72. The van der Waals surface area contributed by atoms with Gasteiger partial charge in [-0.2, -0.15) is 0 Å². The van der Waals surface area contributed by atoms with E-state index in [1.807, 2.05) is 0 Å². The van der Waals surface area contributed by atoms with Crippen LogP contribution in [0.1, 0.15) is 25.7 Å². The van der Waals surface area contributed by atoms with Crippen molar-refractivity contribution in [3.05, 3.63) is 30.1 Å². The minimum absolute atomic E-state index is 0.161. The number of anilines is 1. The van der Waals surface area contributed by atoms with Gasteiger partial charge in [0.2, 0.25) is 5.91 Å². The number of para-hydroxylation sites is 1. The fraction of sp³-hybridized carbons (Fsp3) is 0.462. The van der Waals surface area contributed by atoms with Crippen molar-refractivity contribution in [3.8, 4) is 0 Å². The first-order valence-electron chi connectivity index (χ1n) is 5.91. The molecule has 1 amide bonds. The molecular weight excluding hydrogens is 221 g/mol. The van der Waals surface area contributed by atoms with Crippen molar-refractivity contribution in [3.63, 3.8) is 0 Å². The lowest BCUT2D eigenvalue weighted by molar-refractivity contribution is -0.116. The van der Waals surface area contributed by atoms with Gasteiger partial charge in [-0.1, -0.05) is 12.1 Å². The van der Waals surface area contributed by atoms with Gasteiger partial charge in [0.05, 0.1) is 11.8 Å². The molecule has 1 unspecified atom stereocenters. The SMILES string of the molecule is O=C(CCC1CCCO1)Nc1ccccc1F. The minimum atomic E-state index is -0.405. The molecule has 0 saturated carbocycles. The zero-order valence-corrected chi connectivity index (χ0v) is 9.62. The van der Waals surface area contributed by atoms with E-state index in [4.69, 9.17) is 4.74 Å². The Balaban J connectivity index is 1.79. The molecular formula is C13H16FNO2. The number of benzene rings is 1. The number of carbonyl (C=O) groups excluding carboxylic acids is 1. The highest BCUT2D eigenvalue weighted by molar-refractivity contribution is 5.90. The molecule has 3 nitrogen and oxygen atoms in total. The Kier molecular flexibility index (Phi) is 4.09. The smallest absolute Gasteiger partial charge is 0.224 e. The third-order valence-corrected chi connectivity index (χ3v) is 2.87. The van der Waals surface area contributed by atoms with Crippen molar-refractivity contribution in [1.29, 1.82) is 0 Å². The Bertz CT molecular complexity index is 389. The van der Waals surface area contributed by atoms with Crippen LogP contribution in [-0.2, 0) is 9.53 Å². The molecule has 17 heavy (non-hydrogen) atoms. The summed E-state index contributed by atoms with van der Waals surface area (Å²) in [6, 6.07) is 6.17. The van der Waals surface area contributed by atoms with Gasteiger partial charge in [0.1, 0.15) is 5.82 Å². The van der Waals surface area contributed by atoms with Crippen LogP contribution in [0.4, 0.5) is 10.1 Å². The van der Waals surface area contributed by atoms with Gasteiger partial charge in [-0.15, -0.1) is 0 Å². The van der Waals surface area contributed by atoms with E-state index in [-0.39, 0.29) is 17.7 Å². The lowest BCUT2D eigenvalue weighted by atomic mass is 10.1. The molecule has 1 aromatic rings. The van der Waals surface area contributed by atoms with E-state index in [1.165, 1.54) is 6.07 Å². The fourth-order valence-electron chi connectivity index (χ4n) is 1.94. The van der Waals surface area contributed by atoms with Crippen LogP contribution in [0.2, 0.25) is 0 Å². The van der Waals surface area contributed by atoms with E-state index < -0.39 is 5.82 Å². The summed E-state index contributed by atoms with van der Waals surface area (Å²) in [6.07, 6.45) is 3.37. The molecule has 0 aliphatic carbocycles. The third kappa shape index (κ3) is 3.53. The maximum absolute atomic E-state index is 13.3. The van der Waals surface area contributed by atoms with Gasteiger partial charge in [0.15, 0.2) is 0 Å². The lowest BCUT2D eigenvalue weighted by Gasteiger charge is -2.09. The van der Waals surface area contributed by atoms with Crippen LogP contribution in [0.25, 0.3) is 0 Å². The molecule has 0 radical (unpaired) electrons. The molecule has 2 rings (SSSR count). The molecule has 1 N–H and O–H groups in total. The number of carbonyl (C=O) groups is 1. The third-order valence-electron chi connectivity index (χ3n) is 2.87. The molecule has 1 atom stereocenters. The van der Waals surface area contributed by atoms with E-state index >= 15 is 0 Å². The van der Waals surface area contributed by atoms with Crippen molar-refractivity contribution < 1.29 is 13.9 Å². The van der Waals surface area contributed by atoms with Gasteiger partial charge < -0.3 is 10.1 Å². The number of halogens is 1. The molecule has 92 valence electrons. The minimum Gasteiger partial charge on any atom is -0.378 e. The Hall–Kier alpha value is -1.42. The van der Waals surface area contributed by atoms with Crippen LogP contribution in [0.3, 0.4) is 0 Å². The van der Waals surface area contributed by atoms with Gasteiger partial charge in [-0.05, 0) is 31.4 Å². The Morgan fingerprint density at radius 3 is 3.00 bits per heavy atom. The normalized spacial score (nSPS) is 19.2. The Labute approximate surface area is 100.0 Å². The highest BCUT2D eigenvalue weighted by Crippen LogP contribution is 2.18. The highest BCUT2D eigenvalue weighted by Gasteiger charge is 2.16. The van der Waals surface area contributed by atoms with E-state index in [0.29, 0.717) is 12.8 Å². The van der Waals surface area contributed by atoms with Crippen LogP contribution in [0.15, 0.2) is 24.3 Å². The summed E-state index contributed by atoms with van der Waals surface area (Å²) in [5, 5.41) is 2.56. The number of amides is 1. The van der Waals surface area contributed by atoms with Gasteiger partial charge >= 0.3 is 0 Å². The second-order valence-electron chi connectivity index (χ2n) is 4.20. The van der Waals surface area contributed by atoms with Crippen molar-refractivity contribution in [2.75, 3.05) is 11.9 Å². The second-order valence-corrected chi connectivity index (χ2v) is 4.20. The van der Waals surface area contributed by atoms with Crippen LogP contribution in [-0.4, -0.2) is 18.6 Å². The van der Waals surface area contributed by atoms with Crippen molar-refractivity contribution >= 4 is 11.6 Å². The first-order chi connectivity index (χ1) is 8.25. The highest BCUT2D eigenvalue weighted by atomic mass is 19.1. The molecule has 1 fully saturated rings. The molecule has 0 bridgehead atoms. The second kappa shape index (κ2) is 5.77. The molecule has 0 spiro atoms. The Morgan fingerprint density at radius 1 is 1.47 bits per heavy atom. The first-order valence-corrected chi connectivity index (χ1v) is 5.91. The van der Waals surface area contributed by atoms with E-state index in [1.54, 1.807) is 18.2 Å². The quantitative estimate of drug-likeness (QED) is 0.874. The first kappa shape index (κ1) is 12.0. The number of nitrogens with one attached hydrogen (secondary N) is 1. The van der Waals surface area contributed by atoms with Crippen LogP contribution >= 0.6 is 0 Å².